The van der Waals surface area contributed by atoms with Gasteiger partial charge >= 0.3 is 11.9 Å². The van der Waals surface area contributed by atoms with Crippen LogP contribution in [0.1, 0.15) is 13.8 Å². The number of benzene rings is 1. The van der Waals surface area contributed by atoms with Crippen LogP contribution in [0.4, 0.5) is 5.69 Å². The van der Waals surface area contributed by atoms with Crippen molar-refractivity contribution in [2.45, 2.75) is 20.0 Å². The predicted octanol–water partition coefficient (Wildman–Crippen LogP) is 2.98. The molecule has 0 radical (unpaired) electrons. The zero-order chi connectivity index (χ0) is 17.4. The molecule has 0 saturated heterocycles. The van der Waals surface area contributed by atoms with Gasteiger partial charge in [0.1, 0.15) is 0 Å². The van der Waals surface area contributed by atoms with Gasteiger partial charge in [-0.3, -0.25) is 4.79 Å². The molecular weight excluding hydrogens is 345 g/mol. The summed E-state index contributed by atoms with van der Waals surface area (Å²) in [7, 11) is 0. The van der Waals surface area contributed by atoms with E-state index in [-0.39, 0.29) is 11.6 Å². The molecule has 8 heteroatoms. The summed E-state index contributed by atoms with van der Waals surface area (Å²) in [6.07, 6.45) is 0.727. The van der Waals surface area contributed by atoms with Crippen molar-refractivity contribution in [3.8, 4) is 0 Å². The van der Waals surface area contributed by atoms with E-state index in [1.54, 1.807) is 13.0 Å². The minimum atomic E-state index is -1.08. The Balaban J connectivity index is 2.56. The highest BCUT2D eigenvalue weighted by Gasteiger charge is 2.18. The second kappa shape index (κ2) is 9.17. The first-order chi connectivity index (χ1) is 10.8. The molecule has 6 nitrogen and oxygen atoms in total. The highest BCUT2D eigenvalue weighted by Crippen LogP contribution is 2.25. The van der Waals surface area contributed by atoms with Gasteiger partial charge in [0.2, 0.25) is 0 Å². The minimum Gasteiger partial charge on any atom is -0.463 e. The average Bonchev–Trinajstić information content (AvgIpc) is 2.48. The van der Waals surface area contributed by atoms with E-state index in [2.05, 4.69) is 10.1 Å². The van der Waals surface area contributed by atoms with Crippen molar-refractivity contribution < 1.29 is 23.9 Å². The first kappa shape index (κ1) is 19.0. The zero-order valence-corrected chi connectivity index (χ0v) is 14.0. The SMILES string of the molecule is CCOC(=O)/C=C/C(=O)O[C@@H](C)C(=O)Nc1ccc(Cl)cc1Cl. The highest BCUT2D eigenvalue weighted by molar-refractivity contribution is 6.36. The molecule has 124 valence electrons. The van der Waals surface area contributed by atoms with Crippen LogP contribution in [0.3, 0.4) is 0 Å². The molecule has 0 aromatic heterocycles. The Hall–Kier alpha value is -2.05. The van der Waals surface area contributed by atoms with Crippen LogP contribution in [0.2, 0.25) is 10.0 Å². The number of anilines is 1. The quantitative estimate of drug-likeness (QED) is 0.623. The maximum Gasteiger partial charge on any atom is 0.331 e. The number of esters is 2. The van der Waals surface area contributed by atoms with Gasteiger partial charge in [0.15, 0.2) is 6.10 Å². The second-order valence-electron chi connectivity index (χ2n) is 4.28. The maximum atomic E-state index is 11.9. The smallest absolute Gasteiger partial charge is 0.331 e. The van der Waals surface area contributed by atoms with Crippen molar-refractivity contribution in [2.24, 2.45) is 0 Å². The average molecular weight is 360 g/mol. The first-order valence-electron chi connectivity index (χ1n) is 6.64. The molecule has 0 heterocycles. The van der Waals surface area contributed by atoms with Crippen LogP contribution in [-0.4, -0.2) is 30.6 Å². The fourth-order valence-corrected chi connectivity index (χ4v) is 1.87. The minimum absolute atomic E-state index is 0.193. The van der Waals surface area contributed by atoms with E-state index in [0.29, 0.717) is 10.7 Å². The summed E-state index contributed by atoms with van der Waals surface area (Å²) < 4.78 is 9.47. The predicted molar refractivity (Wildman–Crippen MR) is 86.4 cm³/mol. The maximum absolute atomic E-state index is 11.9. The van der Waals surface area contributed by atoms with Crippen molar-refractivity contribution in [1.82, 2.24) is 0 Å². The molecular formula is C15H15Cl2NO5. The molecule has 1 aromatic carbocycles. The third-order valence-electron chi connectivity index (χ3n) is 2.49. The number of carbonyl (C=O) groups is 3. The monoisotopic (exact) mass is 359 g/mol. The Morgan fingerprint density at radius 3 is 2.48 bits per heavy atom. The van der Waals surface area contributed by atoms with Crippen LogP contribution in [0.5, 0.6) is 0 Å². The van der Waals surface area contributed by atoms with Gasteiger partial charge in [-0.15, -0.1) is 0 Å². The number of ether oxygens (including phenoxy) is 2. The summed E-state index contributed by atoms with van der Waals surface area (Å²) in [5, 5.41) is 3.19. The molecule has 0 unspecified atom stereocenters. The summed E-state index contributed by atoms with van der Waals surface area (Å²) in [5.41, 5.74) is 0.339. The van der Waals surface area contributed by atoms with Gasteiger partial charge in [-0.2, -0.15) is 0 Å². The number of rotatable bonds is 6. The Kier molecular flexibility index (Phi) is 7.57. The largest absolute Gasteiger partial charge is 0.463 e. The van der Waals surface area contributed by atoms with E-state index in [0.717, 1.165) is 12.2 Å². The fraction of sp³-hybridized carbons (Fsp3) is 0.267. The van der Waals surface area contributed by atoms with E-state index in [9.17, 15) is 14.4 Å². The van der Waals surface area contributed by atoms with Crippen LogP contribution in [0.15, 0.2) is 30.4 Å². The molecule has 0 spiro atoms. The van der Waals surface area contributed by atoms with Crippen molar-refractivity contribution in [3.63, 3.8) is 0 Å². The third-order valence-corrected chi connectivity index (χ3v) is 3.04. The molecule has 23 heavy (non-hydrogen) atoms. The van der Waals surface area contributed by atoms with E-state index in [1.807, 2.05) is 0 Å². The van der Waals surface area contributed by atoms with Crippen LogP contribution < -0.4 is 5.32 Å². The molecule has 0 aliphatic carbocycles. The summed E-state index contributed by atoms with van der Waals surface area (Å²) in [5.74, 6) is -2.09. The molecule has 1 amide bonds. The number of carbonyl (C=O) groups excluding carboxylic acids is 3. The van der Waals surface area contributed by atoms with Gasteiger partial charge < -0.3 is 14.8 Å². The summed E-state index contributed by atoms with van der Waals surface area (Å²) in [6.45, 7) is 3.21. The first-order valence-corrected chi connectivity index (χ1v) is 7.40. The molecule has 0 bridgehead atoms. The van der Waals surface area contributed by atoms with Gasteiger partial charge in [0, 0.05) is 17.2 Å². The molecule has 0 fully saturated rings. The third kappa shape index (κ3) is 6.71. The lowest BCUT2D eigenvalue weighted by atomic mass is 10.3. The lowest BCUT2D eigenvalue weighted by molar-refractivity contribution is -0.148. The van der Waals surface area contributed by atoms with Gasteiger partial charge in [-0.1, -0.05) is 23.2 Å². The number of hydrogen-bond acceptors (Lipinski definition) is 5. The standard InChI is InChI=1S/C15H15Cl2NO5/c1-3-22-13(19)6-7-14(20)23-9(2)15(21)18-12-5-4-10(16)8-11(12)17/h4-9H,3H2,1-2H3,(H,18,21)/b7-6+/t9-/m0/s1. The molecule has 1 rings (SSSR count). The lowest BCUT2D eigenvalue weighted by Crippen LogP contribution is -2.29. The zero-order valence-electron chi connectivity index (χ0n) is 12.5. The van der Waals surface area contributed by atoms with E-state index >= 15 is 0 Å². The van der Waals surface area contributed by atoms with Crippen LogP contribution in [0.25, 0.3) is 0 Å². The van der Waals surface area contributed by atoms with E-state index < -0.39 is 23.9 Å². The molecule has 1 atom stereocenters. The van der Waals surface area contributed by atoms with Crippen LogP contribution in [-0.2, 0) is 23.9 Å². The normalized spacial score (nSPS) is 11.8. The molecule has 0 aliphatic heterocycles. The Morgan fingerprint density at radius 1 is 1.22 bits per heavy atom. The summed E-state index contributed by atoms with van der Waals surface area (Å²) in [6, 6.07) is 4.55. The second-order valence-corrected chi connectivity index (χ2v) is 5.12. The van der Waals surface area contributed by atoms with Gasteiger partial charge in [0.25, 0.3) is 5.91 Å². The van der Waals surface area contributed by atoms with Crippen molar-refractivity contribution >= 4 is 46.7 Å². The number of amides is 1. The summed E-state index contributed by atoms with van der Waals surface area (Å²) in [4.78, 5) is 34.5. The molecule has 1 N–H and O–H groups in total. The van der Waals surface area contributed by atoms with Crippen molar-refractivity contribution in [3.05, 3.63) is 40.4 Å². The van der Waals surface area contributed by atoms with Gasteiger partial charge in [-0.05, 0) is 32.0 Å². The van der Waals surface area contributed by atoms with Crippen LogP contribution in [0, 0.1) is 0 Å². The number of nitrogens with one attached hydrogen (secondary N) is 1. The van der Waals surface area contributed by atoms with Crippen molar-refractivity contribution in [2.75, 3.05) is 11.9 Å². The fourth-order valence-electron chi connectivity index (χ4n) is 1.42. The van der Waals surface area contributed by atoms with E-state index in [4.69, 9.17) is 27.9 Å². The van der Waals surface area contributed by atoms with E-state index in [1.165, 1.54) is 19.1 Å². The Morgan fingerprint density at radius 2 is 1.87 bits per heavy atom. The molecule has 0 aliphatic rings. The Labute approximate surface area is 143 Å². The topological polar surface area (TPSA) is 81.7 Å². The van der Waals surface area contributed by atoms with Crippen molar-refractivity contribution in [1.29, 1.82) is 0 Å². The highest BCUT2D eigenvalue weighted by atomic mass is 35.5. The molecule has 0 saturated carbocycles. The van der Waals surface area contributed by atoms with Crippen LogP contribution >= 0.6 is 23.2 Å². The number of halogens is 2. The lowest BCUT2D eigenvalue weighted by Gasteiger charge is -2.13. The molecule has 1 aromatic rings. The number of hydrogen-bond donors (Lipinski definition) is 1. The Bertz CT molecular complexity index is 630. The van der Waals surface area contributed by atoms with Gasteiger partial charge in [0.05, 0.1) is 17.3 Å². The summed E-state index contributed by atoms with van der Waals surface area (Å²) >= 11 is 11.7. The van der Waals surface area contributed by atoms with Gasteiger partial charge in [-0.25, -0.2) is 9.59 Å².